The molecule has 188 valence electrons. The molecule has 14 heteroatoms. The number of aliphatic imine (C=N–C) groups is 1. The maximum Gasteiger partial charge on any atom is 0.416 e. The number of carbonyl (C=O) groups is 3. The molecular weight excluding hydrogens is 495 g/mol. The zero-order chi connectivity index (χ0) is 26.3. The summed E-state index contributed by atoms with van der Waals surface area (Å²) in [7, 11) is 0. The monoisotopic (exact) mass is 515 g/mol. The summed E-state index contributed by atoms with van der Waals surface area (Å²) in [5, 5.41) is 24.4. The second-order valence-corrected chi connectivity index (χ2v) is 7.69. The van der Waals surface area contributed by atoms with Crippen LogP contribution in [0, 0.1) is 0 Å². The molecule has 2 atom stereocenters. The minimum Gasteiger partial charge on any atom is -0.481 e. The van der Waals surface area contributed by atoms with Crippen LogP contribution in [0.5, 0.6) is 0 Å². The van der Waals surface area contributed by atoms with E-state index in [2.05, 4.69) is 15.6 Å². The molecule has 2 aromatic carbocycles. The number of carbonyl (C=O) groups excluding carboxylic acids is 2. The Hall–Kier alpha value is -3.84. The number of aliphatic hydroxyl groups is 1. The molecular formula is C21H21ClF3N5O5. The van der Waals surface area contributed by atoms with Crippen molar-refractivity contribution in [1.29, 1.82) is 0 Å². The smallest absolute Gasteiger partial charge is 0.416 e. The van der Waals surface area contributed by atoms with Gasteiger partial charge in [0, 0.05) is 10.6 Å². The number of benzene rings is 2. The van der Waals surface area contributed by atoms with Gasteiger partial charge in [0.2, 0.25) is 5.91 Å². The number of hydrogen-bond acceptors (Lipinski definition) is 5. The predicted octanol–water partition coefficient (Wildman–Crippen LogP) is 1.69. The highest BCUT2D eigenvalue weighted by Gasteiger charge is 2.32. The van der Waals surface area contributed by atoms with Crippen molar-refractivity contribution < 1.29 is 37.8 Å². The number of guanidine groups is 1. The number of halogens is 4. The van der Waals surface area contributed by atoms with Crippen molar-refractivity contribution >= 4 is 41.0 Å². The van der Waals surface area contributed by atoms with E-state index in [-0.39, 0.29) is 11.3 Å². The van der Waals surface area contributed by atoms with Crippen LogP contribution in [0.15, 0.2) is 47.5 Å². The second kappa shape index (κ2) is 11.5. The summed E-state index contributed by atoms with van der Waals surface area (Å²) in [4.78, 5) is 39.4. The van der Waals surface area contributed by atoms with Crippen molar-refractivity contribution in [3.05, 3.63) is 64.2 Å². The first-order valence-electron chi connectivity index (χ1n) is 9.81. The molecule has 0 fully saturated rings. The van der Waals surface area contributed by atoms with Crippen LogP contribution in [0.2, 0.25) is 5.02 Å². The van der Waals surface area contributed by atoms with E-state index in [1.807, 2.05) is 0 Å². The van der Waals surface area contributed by atoms with Crippen LogP contribution in [0.25, 0.3) is 0 Å². The molecule has 35 heavy (non-hydrogen) atoms. The van der Waals surface area contributed by atoms with E-state index in [0.29, 0.717) is 17.2 Å². The molecule has 0 aliphatic carbocycles. The minimum absolute atomic E-state index is 0.279. The average molecular weight is 516 g/mol. The number of hydrogen-bond donors (Lipinski definition) is 6. The molecule has 2 rings (SSSR count). The Morgan fingerprint density at radius 1 is 1.09 bits per heavy atom. The maximum absolute atomic E-state index is 13.2. The van der Waals surface area contributed by atoms with E-state index >= 15 is 0 Å². The SMILES string of the molecule is NC(N)=Nc1cc(C(=O)NCC(=O)NC(CC(=O)O)C(O)c2ccc(Cl)cc2)cc(C(F)(F)F)c1. The number of amides is 2. The first-order valence-corrected chi connectivity index (χ1v) is 10.2. The number of nitrogens with one attached hydrogen (secondary N) is 2. The lowest BCUT2D eigenvalue weighted by Gasteiger charge is -2.23. The third-order valence-corrected chi connectivity index (χ3v) is 4.76. The van der Waals surface area contributed by atoms with Crippen LogP contribution >= 0.6 is 11.6 Å². The van der Waals surface area contributed by atoms with E-state index in [1.165, 1.54) is 24.3 Å². The lowest BCUT2D eigenvalue weighted by molar-refractivity contribution is -0.139. The van der Waals surface area contributed by atoms with Crippen molar-refractivity contribution in [1.82, 2.24) is 10.6 Å². The van der Waals surface area contributed by atoms with E-state index in [1.54, 1.807) is 0 Å². The van der Waals surface area contributed by atoms with E-state index in [9.17, 15) is 32.7 Å². The summed E-state index contributed by atoms with van der Waals surface area (Å²) >= 11 is 5.79. The van der Waals surface area contributed by atoms with Crippen molar-refractivity contribution in [3.63, 3.8) is 0 Å². The Kier molecular flexibility index (Phi) is 9.03. The van der Waals surface area contributed by atoms with Gasteiger partial charge in [-0.3, -0.25) is 14.4 Å². The second-order valence-electron chi connectivity index (χ2n) is 7.25. The van der Waals surface area contributed by atoms with E-state index in [0.717, 1.165) is 6.07 Å². The maximum atomic E-state index is 13.2. The molecule has 0 saturated heterocycles. The van der Waals surface area contributed by atoms with Gasteiger partial charge in [0.25, 0.3) is 5.91 Å². The lowest BCUT2D eigenvalue weighted by Crippen LogP contribution is -2.45. The molecule has 0 bridgehead atoms. The van der Waals surface area contributed by atoms with Gasteiger partial charge < -0.3 is 32.3 Å². The topological polar surface area (TPSA) is 180 Å². The summed E-state index contributed by atoms with van der Waals surface area (Å²) in [6.07, 6.45) is -6.88. The van der Waals surface area contributed by atoms with Crippen molar-refractivity contribution in [3.8, 4) is 0 Å². The molecule has 0 aliphatic heterocycles. The Morgan fingerprint density at radius 2 is 1.71 bits per heavy atom. The van der Waals surface area contributed by atoms with Crippen molar-refractivity contribution in [2.24, 2.45) is 16.5 Å². The lowest BCUT2D eigenvalue weighted by atomic mass is 9.99. The average Bonchev–Trinajstić information content (AvgIpc) is 2.75. The predicted molar refractivity (Wildman–Crippen MR) is 120 cm³/mol. The largest absolute Gasteiger partial charge is 0.481 e. The first kappa shape index (κ1) is 27.4. The summed E-state index contributed by atoms with van der Waals surface area (Å²) in [5.74, 6) is -3.79. The molecule has 2 amide bonds. The fourth-order valence-electron chi connectivity index (χ4n) is 2.96. The van der Waals surface area contributed by atoms with Crippen LogP contribution in [0.4, 0.5) is 18.9 Å². The molecule has 0 aliphatic rings. The molecule has 2 aromatic rings. The molecule has 0 heterocycles. The third-order valence-electron chi connectivity index (χ3n) is 4.51. The van der Waals surface area contributed by atoms with Gasteiger partial charge in [0.15, 0.2) is 5.96 Å². The number of carboxylic acid groups (broad SMARTS) is 1. The molecule has 2 unspecified atom stereocenters. The first-order chi connectivity index (χ1) is 16.3. The van der Waals surface area contributed by atoms with Gasteiger partial charge in [-0.15, -0.1) is 0 Å². The fraction of sp³-hybridized carbons (Fsp3) is 0.238. The number of nitrogens with two attached hydrogens (primary N) is 2. The summed E-state index contributed by atoms with van der Waals surface area (Å²) in [6, 6.07) is 6.71. The number of carboxylic acids is 1. The van der Waals surface area contributed by atoms with Gasteiger partial charge in [0.05, 0.1) is 36.4 Å². The van der Waals surface area contributed by atoms with Crippen LogP contribution in [-0.4, -0.2) is 46.5 Å². The van der Waals surface area contributed by atoms with Crippen LogP contribution < -0.4 is 22.1 Å². The normalized spacial score (nSPS) is 12.8. The summed E-state index contributed by atoms with van der Waals surface area (Å²) < 4.78 is 39.5. The Morgan fingerprint density at radius 3 is 2.26 bits per heavy atom. The fourth-order valence-corrected chi connectivity index (χ4v) is 3.09. The van der Waals surface area contributed by atoms with Crippen molar-refractivity contribution in [2.45, 2.75) is 24.7 Å². The van der Waals surface area contributed by atoms with Gasteiger partial charge in [-0.2, -0.15) is 13.2 Å². The number of nitrogens with zero attached hydrogens (tertiary/aromatic N) is 1. The molecule has 0 aromatic heterocycles. The molecule has 8 N–H and O–H groups in total. The van der Waals surface area contributed by atoms with Gasteiger partial charge in [-0.05, 0) is 35.9 Å². The standard InChI is InChI=1S/C21H21ClF3N5O5/c22-13-3-1-10(2-4-13)18(34)15(8-17(32)33)30-16(31)9-28-19(35)11-5-12(21(23,24)25)7-14(6-11)29-20(26)27/h1-7,15,18,34H,8-9H2,(H,28,35)(H,30,31)(H,32,33)(H4,26,27,29). The Bertz CT molecular complexity index is 1120. The Balaban J connectivity index is 2.13. The van der Waals surface area contributed by atoms with Crippen molar-refractivity contribution in [2.75, 3.05) is 6.54 Å². The highest BCUT2D eigenvalue weighted by molar-refractivity contribution is 6.30. The highest BCUT2D eigenvalue weighted by atomic mass is 35.5. The van der Waals surface area contributed by atoms with E-state index < -0.39 is 66.2 Å². The van der Waals surface area contributed by atoms with Crippen LogP contribution in [-0.2, 0) is 15.8 Å². The molecule has 10 nitrogen and oxygen atoms in total. The quantitative estimate of drug-likeness (QED) is 0.217. The molecule has 0 radical (unpaired) electrons. The third kappa shape index (κ3) is 8.46. The highest BCUT2D eigenvalue weighted by Crippen LogP contribution is 2.32. The summed E-state index contributed by atoms with van der Waals surface area (Å²) in [5.41, 5.74) is 8.65. The van der Waals surface area contributed by atoms with Gasteiger partial charge in [-0.25, -0.2) is 4.99 Å². The zero-order valence-corrected chi connectivity index (χ0v) is 18.6. The number of rotatable bonds is 9. The van der Waals surface area contributed by atoms with Crippen LogP contribution in [0.3, 0.4) is 0 Å². The zero-order valence-electron chi connectivity index (χ0n) is 17.8. The summed E-state index contributed by atoms with van der Waals surface area (Å²) in [6.45, 7) is -0.726. The Labute approximate surface area is 201 Å². The van der Waals surface area contributed by atoms with Gasteiger partial charge in [0.1, 0.15) is 0 Å². The number of aliphatic hydroxyl groups excluding tert-OH is 1. The van der Waals surface area contributed by atoms with Crippen LogP contribution in [0.1, 0.15) is 34.0 Å². The van der Waals surface area contributed by atoms with E-state index in [4.69, 9.17) is 28.2 Å². The van der Waals surface area contributed by atoms with Gasteiger partial charge in [-0.1, -0.05) is 23.7 Å². The molecule has 0 saturated carbocycles. The molecule has 0 spiro atoms. The van der Waals surface area contributed by atoms with Gasteiger partial charge >= 0.3 is 12.1 Å². The number of alkyl halides is 3. The number of aliphatic carboxylic acids is 1. The minimum atomic E-state index is -4.80.